The third-order valence-electron chi connectivity index (χ3n) is 2.66. The number of nitrogens with one attached hydrogen (secondary N) is 1. The van der Waals surface area contributed by atoms with Gasteiger partial charge in [-0.15, -0.1) is 11.3 Å². The molecule has 0 radical (unpaired) electrons. The fourth-order valence-corrected chi connectivity index (χ4v) is 2.99. The van der Waals surface area contributed by atoms with Gasteiger partial charge in [-0.05, 0) is 25.1 Å². The van der Waals surface area contributed by atoms with Crippen LogP contribution in [0.25, 0.3) is 0 Å². The average Bonchev–Trinajstić information content (AvgIpc) is 2.80. The number of para-hydroxylation sites is 1. The molecule has 116 valence electrons. The van der Waals surface area contributed by atoms with Crippen molar-refractivity contribution in [3.8, 4) is 0 Å². The predicted octanol–water partition coefficient (Wildman–Crippen LogP) is 4.38. The molecule has 0 saturated carbocycles. The van der Waals surface area contributed by atoms with E-state index in [4.69, 9.17) is 27.9 Å². The number of hydrogen-bond acceptors (Lipinski definition) is 4. The largest absolute Gasteiger partial charge is 0.449 e. The fourth-order valence-electron chi connectivity index (χ4n) is 1.55. The van der Waals surface area contributed by atoms with Crippen molar-refractivity contribution >= 4 is 52.1 Å². The summed E-state index contributed by atoms with van der Waals surface area (Å²) in [7, 11) is 0. The highest BCUT2D eigenvalue weighted by atomic mass is 35.5. The lowest BCUT2D eigenvalue weighted by Gasteiger charge is -2.13. The van der Waals surface area contributed by atoms with Gasteiger partial charge in [-0.25, -0.2) is 9.18 Å². The van der Waals surface area contributed by atoms with Gasteiger partial charge in [0, 0.05) is 0 Å². The highest BCUT2D eigenvalue weighted by Gasteiger charge is 2.22. The maximum atomic E-state index is 13.4. The number of carbonyl (C=O) groups excluding carboxylic acids is 2. The number of benzene rings is 1. The van der Waals surface area contributed by atoms with Crippen LogP contribution in [-0.2, 0) is 9.53 Å². The summed E-state index contributed by atoms with van der Waals surface area (Å²) in [5.41, 5.74) is 0.0919. The Kier molecular flexibility index (Phi) is 5.39. The first-order valence-corrected chi connectivity index (χ1v) is 7.67. The molecule has 0 bridgehead atoms. The van der Waals surface area contributed by atoms with Gasteiger partial charge >= 0.3 is 5.97 Å². The van der Waals surface area contributed by atoms with Gasteiger partial charge in [-0.2, -0.15) is 0 Å². The molecule has 1 N–H and O–H groups in total. The maximum absolute atomic E-state index is 13.4. The molecule has 1 aromatic carbocycles. The lowest BCUT2D eigenvalue weighted by Crippen LogP contribution is -2.30. The Balaban J connectivity index is 2.01. The molecular weight excluding hydrogens is 352 g/mol. The van der Waals surface area contributed by atoms with Crippen LogP contribution in [0.15, 0.2) is 30.3 Å². The molecule has 0 spiro atoms. The fraction of sp³-hybridized carbons (Fsp3) is 0.143. The van der Waals surface area contributed by atoms with E-state index in [1.165, 1.54) is 31.2 Å². The normalized spacial score (nSPS) is 11.8. The van der Waals surface area contributed by atoms with E-state index in [0.29, 0.717) is 4.34 Å². The van der Waals surface area contributed by atoms with Gasteiger partial charge in [0.15, 0.2) is 6.10 Å². The second-order valence-corrected chi connectivity index (χ2v) is 6.54. The molecule has 0 fully saturated rings. The van der Waals surface area contributed by atoms with E-state index in [1.54, 1.807) is 6.07 Å². The van der Waals surface area contributed by atoms with E-state index >= 15 is 0 Å². The molecule has 2 rings (SSSR count). The second-order valence-electron chi connectivity index (χ2n) is 4.25. The molecule has 1 amide bonds. The molecule has 0 aliphatic rings. The van der Waals surface area contributed by atoms with Crippen LogP contribution in [0.5, 0.6) is 0 Å². The summed E-state index contributed by atoms with van der Waals surface area (Å²) in [4.78, 5) is 23.8. The molecule has 22 heavy (non-hydrogen) atoms. The monoisotopic (exact) mass is 361 g/mol. The van der Waals surface area contributed by atoms with Gasteiger partial charge in [0.1, 0.15) is 10.2 Å². The van der Waals surface area contributed by atoms with E-state index in [1.807, 2.05) is 0 Å². The minimum atomic E-state index is -1.12. The molecule has 1 unspecified atom stereocenters. The molecule has 0 saturated heterocycles. The van der Waals surface area contributed by atoms with Crippen molar-refractivity contribution in [1.82, 2.24) is 0 Å². The third kappa shape index (κ3) is 3.97. The van der Waals surface area contributed by atoms with Gasteiger partial charge < -0.3 is 10.1 Å². The van der Waals surface area contributed by atoms with Crippen LogP contribution < -0.4 is 5.32 Å². The van der Waals surface area contributed by atoms with Crippen LogP contribution in [0.2, 0.25) is 8.67 Å². The van der Waals surface area contributed by atoms with Gasteiger partial charge in [0.05, 0.1) is 15.6 Å². The number of carbonyl (C=O) groups is 2. The first kappa shape index (κ1) is 16.7. The van der Waals surface area contributed by atoms with Crippen LogP contribution in [0, 0.1) is 5.82 Å². The molecular formula is C14H10Cl2FNO3S. The number of rotatable bonds is 4. The van der Waals surface area contributed by atoms with Crippen molar-refractivity contribution in [1.29, 1.82) is 0 Å². The zero-order valence-corrected chi connectivity index (χ0v) is 13.6. The van der Waals surface area contributed by atoms with Gasteiger partial charge in [-0.3, -0.25) is 4.79 Å². The van der Waals surface area contributed by atoms with Crippen LogP contribution in [-0.4, -0.2) is 18.0 Å². The summed E-state index contributed by atoms with van der Waals surface area (Å²) < 4.78 is 18.9. The minimum absolute atomic E-state index is 0.00649. The van der Waals surface area contributed by atoms with Crippen molar-refractivity contribution in [2.75, 3.05) is 5.32 Å². The van der Waals surface area contributed by atoms with Crippen LogP contribution in [0.4, 0.5) is 10.1 Å². The van der Waals surface area contributed by atoms with Crippen molar-refractivity contribution < 1.29 is 18.7 Å². The van der Waals surface area contributed by atoms with Crippen molar-refractivity contribution in [2.45, 2.75) is 13.0 Å². The lowest BCUT2D eigenvalue weighted by molar-refractivity contribution is -0.123. The van der Waals surface area contributed by atoms with E-state index in [0.717, 1.165) is 11.3 Å². The summed E-state index contributed by atoms with van der Waals surface area (Å²) in [6.45, 7) is 1.37. The molecule has 2 aromatic rings. The van der Waals surface area contributed by atoms with Crippen molar-refractivity contribution in [3.63, 3.8) is 0 Å². The quantitative estimate of drug-likeness (QED) is 0.822. The lowest BCUT2D eigenvalue weighted by atomic mass is 10.3. The molecule has 1 aromatic heterocycles. The molecule has 0 aliphatic carbocycles. The Morgan fingerprint density at radius 1 is 1.32 bits per heavy atom. The highest BCUT2D eigenvalue weighted by molar-refractivity contribution is 7.20. The Labute approximate surface area is 139 Å². The topological polar surface area (TPSA) is 55.4 Å². The maximum Gasteiger partial charge on any atom is 0.341 e. The Hall–Kier alpha value is -1.63. The molecule has 8 heteroatoms. The van der Waals surface area contributed by atoms with Crippen LogP contribution >= 0.6 is 34.5 Å². The summed E-state index contributed by atoms with van der Waals surface area (Å²) in [6, 6.07) is 7.04. The predicted molar refractivity (Wildman–Crippen MR) is 84.2 cm³/mol. The van der Waals surface area contributed by atoms with Crippen LogP contribution in [0.3, 0.4) is 0 Å². The Morgan fingerprint density at radius 3 is 2.59 bits per heavy atom. The SMILES string of the molecule is CC(OC(=O)c1cc(Cl)sc1Cl)C(=O)Nc1ccccc1F. The number of hydrogen-bond donors (Lipinski definition) is 1. The van der Waals surface area contributed by atoms with Crippen molar-refractivity contribution in [2.24, 2.45) is 0 Å². The Morgan fingerprint density at radius 2 is 2.00 bits per heavy atom. The second kappa shape index (κ2) is 7.09. The number of amides is 1. The minimum Gasteiger partial charge on any atom is -0.449 e. The third-order valence-corrected chi connectivity index (χ3v) is 4.15. The van der Waals surface area contributed by atoms with E-state index in [2.05, 4.69) is 5.32 Å². The van der Waals surface area contributed by atoms with E-state index in [9.17, 15) is 14.0 Å². The first-order chi connectivity index (χ1) is 10.4. The van der Waals surface area contributed by atoms with E-state index < -0.39 is 23.8 Å². The summed E-state index contributed by atoms with van der Waals surface area (Å²) in [6.07, 6.45) is -1.12. The molecule has 1 heterocycles. The van der Waals surface area contributed by atoms with Gasteiger partial charge in [0.2, 0.25) is 0 Å². The highest BCUT2D eigenvalue weighted by Crippen LogP contribution is 2.31. The number of halogens is 3. The number of ether oxygens (including phenoxy) is 1. The van der Waals surface area contributed by atoms with E-state index in [-0.39, 0.29) is 15.6 Å². The average molecular weight is 362 g/mol. The number of esters is 1. The number of anilines is 1. The molecule has 4 nitrogen and oxygen atoms in total. The first-order valence-electron chi connectivity index (χ1n) is 6.09. The Bertz CT molecular complexity index is 720. The standard InChI is InChI=1S/C14H10Cl2FNO3S/c1-7(13(19)18-10-5-3-2-4-9(10)17)21-14(20)8-6-11(15)22-12(8)16/h2-7H,1H3,(H,18,19). The van der Waals surface area contributed by atoms with Gasteiger partial charge in [0.25, 0.3) is 5.91 Å². The van der Waals surface area contributed by atoms with Crippen LogP contribution in [0.1, 0.15) is 17.3 Å². The summed E-state index contributed by atoms with van der Waals surface area (Å²) in [5.74, 6) is -2.01. The molecule has 0 aliphatic heterocycles. The zero-order chi connectivity index (χ0) is 16.3. The number of thiophene rings is 1. The van der Waals surface area contributed by atoms with Crippen molar-refractivity contribution in [3.05, 3.63) is 50.4 Å². The van der Waals surface area contributed by atoms with Gasteiger partial charge in [-0.1, -0.05) is 35.3 Å². The zero-order valence-electron chi connectivity index (χ0n) is 11.2. The molecule has 1 atom stereocenters. The summed E-state index contributed by atoms with van der Waals surface area (Å²) >= 11 is 12.6. The smallest absolute Gasteiger partial charge is 0.341 e. The summed E-state index contributed by atoms with van der Waals surface area (Å²) in [5, 5.41) is 2.34.